The molecule has 112 valence electrons. The summed E-state index contributed by atoms with van der Waals surface area (Å²) in [4.78, 5) is 15.9. The Hall–Kier alpha value is -2.44. The van der Waals surface area contributed by atoms with Gasteiger partial charge < -0.3 is 14.6 Å². The van der Waals surface area contributed by atoms with Gasteiger partial charge in [0.2, 0.25) is 0 Å². The van der Waals surface area contributed by atoms with E-state index in [1.54, 1.807) is 17.1 Å². The van der Waals surface area contributed by atoms with E-state index >= 15 is 0 Å². The SMILES string of the molecule is COc1cc(F)c(C(=O)NCCc2cn(C)cn2)c(F)c1. The summed E-state index contributed by atoms with van der Waals surface area (Å²) in [6.45, 7) is 0.237. The molecule has 5 nitrogen and oxygen atoms in total. The van der Waals surface area contributed by atoms with Crippen LogP contribution in [0.4, 0.5) is 8.78 Å². The molecule has 0 saturated heterocycles. The lowest BCUT2D eigenvalue weighted by Crippen LogP contribution is -2.27. The number of halogens is 2. The normalized spacial score (nSPS) is 10.5. The lowest BCUT2D eigenvalue weighted by molar-refractivity contribution is 0.0945. The van der Waals surface area contributed by atoms with Crippen LogP contribution in [0.25, 0.3) is 0 Å². The molecule has 21 heavy (non-hydrogen) atoms. The number of ether oxygens (including phenoxy) is 1. The van der Waals surface area contributed by atoms with Crippen molar-refractivity contribution in [2.75, 3.05) is 13.7 Å². The molecule has 1 amide bonds. The highest BCUT2D eigenvalue weighted by Gasteiger charge is 2.18. The van der Waals surface area contributed by atoms with Crippen LogP contribution in [0.2, 0.25) is 0 Å². The number of benzene rings is 1. The monoisotopic (exact) mass is 295 g/mol. The minimum Gasteiger partial charge on any atom is -0.497 e. The van der Waals surface area contributed by atoms with Crippen LogP contribution in [0.5, 0.6) is 5.75 Å². The third-order valence-corrected chi connectivity index (χ3v) is 2.90. The molecule has 0 saturated carbocycles. The number of nitrogens with one attached hydrogen (secondary N) is 1. The number of carbonyl (C=O) groups excluding carboxylic acids is 1. The van der Waals surface area contributed by atoms with Crippen molar-refractivity contribution in [2.24, 2.45) is 7.05 Å². The van der Waals surface area contributed by atoms with Crippen molar-refractivity contribution in [3.05, 3.63) is 47.5 Å². The summed E-state index contributed by atoms with van der Waals surface area (Å²) in [5.74, 6) is -2.69. The average molecular weight is 295 g/mol. The van der Waals surface area contributed by atoms with Gasteiger partial charge >= 0.3 is 0 Å². The van der Waals surface area contributed by atoms with E-state index < -0.39 is 23.1 Å². The molecule has 2 aromatic rings. The summed E-state index contributed by atoms with van der Waals surface area (Å²) in [5.41, 5.74) is 0.172. The van der Waals surface area contributed by atoms with E-state index in [9.17, 15) is 13.6 Å². The second kappa shape index (κ2) is 6.34. The minimum atomic E-state index is -0.956. The average Bonchev–Trinajstić information content (AvgIpc) is 2.83. The van der Waals surface area contributed by atoms with Crippen LogP contribution in [0.15, 0.2) is 24.7 Å². The molecule has 7 heteroatoms. The number of carbonyl (C=O) groups is 1. The largest absolute Gasteiger partial charge is 0.497 e. The maximum Gasteiger partial charge on any atom is 0.257 e. The number of amides is 1. The highest BCUT2D eigenvalue weighted by atomic mass is 19.1. The maximum absolute atomic E-state index is 13.7. The Balaban J connectivity index is 2.00. The van der Waals surface area contributed by atoms with Crippen molar-refractivity contribution < 1.29 is 18.3 Å². The lowest BCUT2D eigenvalue weighted by atomic mass is 10.1. The number of hydrogen-bond donors (Lipinski definition) is 1. The lowest BCUT2D eigenvalue weighted by Gasteiger charge is -2.08. The molecule has 0 fully saturated rings. The molecule has 0 atom stereocenters. The van der Waals surface area contributed by atoms with E-state index in [0.29, 0.717) is 6.42 Å². The van der Waals surface area contributed by atoms with Gasteiger partial charge in [0.15, 0.2) is 0 Å². The Morgan fingerprint density at radius 2 is 2.05 bits per heavy atom. The molecule has 1 aromatic heterocycles. The molecular formula is C14H15F2N3O2. The van der Waals surface area contributed by atoms with Gasteiger partial charge in [0.05, 0.1) is 19.1 Å². The number of aryl methyl sites for hydroxylation is 1. The molecule has 2 rings (SSSR count). The molecule has 0 aliphatic carbocycles. The van der Waals surface area contributed by atoms with Crippen LogP contribution < -0.4 is 10.1 Å². The van der Waals surface area contributed by atoms with Gasteiger partial charge in [0.1, 0.15) is 22.9 Å². The fourth-order valence-electron chi connectivity index (χ4n) is 1.87. The Morgan fingerprint density at radius 3 is 2.57 bits per heavy atom. The minimum absolute atomic E-state index is 0.0232. The summed E-state index contributed by atoms with van der Waals surface area (Å²) in [6.07, 6.45) is 3.92. The van der Waals surface area contributed by atoms with E-state index in [4.69, 9.17) is 4.74 Å². The fraction of sp³-hybridized carbons (Fsp3) is 0.286. The molecule has 0 unspecified atom stereocenters. The van der Waals surface area contributed by atoms with E-state index in [0.717, 1.165) is 17.8 Å². The Bertz CT molecular complexity index is 632. The predicted octanol–water partition coefficient (Wildman–Crippen LogP) is 1.68. The number of hydrogen-bond acceptors (Lipinski definition) is 3. The first kappa shape index (κ1) is 15.0. The van der Waals surface area contributed by atoms with Crippen LogP contribution in [0.1, 0.15) is 16.1 Å². The first-order chi connectivity index (χ1) is 10.0. The van der Waals surface area contributed by atoms with Gasteiger partial charge in [0.25, 0.3) is 5.91 Å². The molecule has 0 aliphatic heterocycles. The smallest absolute Gasteiger partial charge is 0.257 e. The third-order valence-electron chi connectivity index (χ3n) is 2.90. The predicted molar refractivity (Wildman–Crippen MR) is 72.2 cm³/mol. The van der Waals surface area contributed by atoms with Crippen LogP contribution in [-0.4, -0.2) is 29.1 Å². The van der Waals surface area contributed by atoms with Gasteiger partial charge in [-0.05, 0) is 0 Å². The molecule has 0 aliphatic rings. The van der Waals surface area contributed by atoms with Crippen LogP contribution in [0, 0.1) is 11.6 Å². The van der Waals surface area contributed by atoms with Crippen LogP contribution in [-0.2, 0) is 13.5 Å². The Labute approximate surface area is 120 Å². The standard InChI is InChI=1S/C14H15F2N3O2/c1-19-7-9(18-8-19)3-4-17-14(20)13-11(15)5-10(21-2)6-12(13)16/h5-8H,3-4H2,1-2H3,(H,17,20). The van der Waals surface area contributed by atoms with E-state index in [2.05, 4.69) is 10.3 Å². The summed E-state index contributed by atoms with van der Waals surface area (Å²) >= 11 is 0. The van der Waals surface area contributed by atoms with Crippen molar-refractivity contribution in [1.29, 1.82) is 0 Å². The van der Waals surface area contributed by atoms with E-state index in [1.165, 1.54) is 7.11 Å². The highest BCUT2D eigenvalue weighted by molar-refractivity contribution is 5.94. The van der Waals surface area contributed by atoms with Gasteiger partial charge in [-0.2, -0.15) is 0 Å². The molecule has 1 N–H and O–H groups in total. The topological polar surface area (TPSA) is 56.1 Å². The van der Waals surface area contributed by atoms with Crippen molar-refractivity contribution in [1.82, 2.24) is 14.9 Å². The van der Waals surface area contributed by atoms with Crippen molar-refractivity contribution in [3.63, 3.8) is 0 Å². The van der Waals surface area contributed by atoms with Crippen LogP contribution in [0.3, 0.4) is 0 Å². The van der Waals surface area contributed by atoms with Crippen molar-refractivity contribution >= 4 is 5.91 Å². The number of imidazole rings is 1. The van der Waals surface area contributed by atoms with Gasteiger partial charge in [-0.15, -0.1) is 0 Å². The zero-order valence-electron chi connectivity index (χ0n) is 11.7. The summed E-state index contributed by atoms with van der Waals surface area (Å²) < 4.78 is 33.9. The number of nitrogens with zero attached hydrogens (tertiary/aromatic N) is 2. The van der Waals surface area contributed by atoms with Crippen molar-refractivity contribution in [2.45, 2.75) is 6.42 Å². The summed E-state index contributed by atoms with van der Waals surface area (Å²) in [6, 6.07) is 1.94. The van der Waals surface area contributed by atoms with E-state index in [-0.39, 0.29) is 12.3 Å². The summed E-state index contributed by atoms with van der Waals surface area (Å²) in [7, 11) is 3.12. The van der Waals surface area contributed by atoms with Crippen LogP contribution >= 0.6 is 0 Å². The molecular weight excluding hydrogens is 280 g/mol. The fourth-order valence-corrected chi connectivity index (χ4v) is 1.87. The van der Waals surface area contributed by atoms with Gasteiger partial charge in [-0.3, -0.25) is 4.79 Å². The van der Waals surface area contributed by atoms with Gasteiger partial charge in [-0.1, -0.05) is 0 Å². The Morgan fingerprint density at radius 1 is 1.38 bits per heavy atom. The molecule has 1 heterocycles. The zero-order chi connectivity index (χ0) is 15.4. The number of methoxy groups -OCH3 is 1. The first-order valence-corrected chi connectivity index (χ1v) is 6.29. The Kier molecular flexibility index (Phi) is 4.52. The first-order valence-electron chi connectivity index (χ1n) is 6.29. The molecule has 0 spiro atoms. The maximum atomic E-state index is 13.7. The molecule has 0 bridgehead atoms. The van der Waals surface area contributed by atoms with Gasteiger partial charge in [-0.25, -0.2) is 13.8 Å². The second-order valence-corrected chi connectivity index (χ2v) is 4.50. The van der Waals surface area contributed by atoms with E-state index in [1.807, 2.05) is 7.05 Å². The molecule has 0 radical (unpaired) electrons. The number of rotatable bonds is 5. The second-order valence-electron chi connectivity index (χ2n) is 4.50. The third kappa shape index (κ3) is 3.56. The zero-order valence-corrected chi connectivity index (χ0v) is 11.7. The number of aromatic nitrogens is 2. The van der Waals surface area contributed by atoms with Crippen molar-refractivity contribution in [3.8, 4) is 5.75 Å². The summed E-state index contributed by atoms with van der Waals surface area (Å²) in [5, 5.41) is 2.47. The molecule has 1 aromatic carbocycles. The van der Waals surface area contributed by atoms with Gasteiger partial charge in [0, 0.05) is 38.3 Å². The quantitative estimate of drug-likeness (QED) is 0.913. The highest BCUT2D eigenvalue weighted by Crippen LogP contribution is 2.20.